The molecule has 1 aromatic carbocycles. The van der Waals surface area contributed by atoms with Crippen LogP contribution in [0, 0.1) is 6.92 Å². The van der Waals surface area contributed by atoms with Gasteiger partial charge in [0.15, 0.2) is 0 Å². The van der Waals surface area contributed by atoms with Gasteiger partial charge < -0.3 is 4.98 Å². The molecule has 2 aromatic rings. The molecule has 1 aromatic heterocycles. The number of alkyl halides is 3. The Kier molecular flexibility index (Phi) is 2.94. The lowest BCUT2D eigenvalue weighted by Crippen LogP contribution is -2.11. The second-order valence-electron chi connectivity index (χ2n) is 3.82. The van der Waals surface area contributed by atoms with E-state index in [-0.39, 0.29) is 16.9 Å². The summed E-state index contributed by atoms with van der Waals surface area (Å²) in [5, 5.41) is 0. The van der Waals surface area contributed by atoms with Gasteiger partial charge in [0.1, 0.15) is 5.82 Å². The minimum absolute atomic E-state index is 0.122. The van der Waals surface area contributed by atoms with Crippen molar-refractivity contribution < 1.29 is 13.2 Å². The van der Waals surface area contributed by atoms with Crippen LogP contribution in [0.25, 0.3) is 11.4 Å². The van der Waals surface area contributed by atoms with Crippen LogP contribution in [-0.4, -0.2) is 9.97 Å². The zero-order chi connectivity index (χ0) is 13.3. The van der Waals surface area contributed by atoms with Crippen molar-refractivity contribution >= 4 is 0 Å². The highest BCUT2D eigenvalue weighted by atomic mass is 19.4. The van der Waals surface area contributed by atoms with Crippen LogP contribution in [0.5, 0.6) is 0 Å². The predicted octanol–water partition coefficient (Wildman–Crippen LogP) is 2.76. The molecule has 1 N–H and O–H groups in total. The molecule has 18 heavy (non-hydrogen) atoms. The van der Waals surface area contributed by atoms with Crippen molar-refractivity contribution in [1.29, 1.82) is 0 Å². The van der Waals surface area contributed by atoms with E-state index in [2.05, 4.69) is 9.97 Å². The molecule has 6 heteroatoms. The molecule has 1 heterocycles. The van der Waals surface area contributed by atoms with E-state index in [0.29, 0.717) is 5.56 Å². The first-order chi connectivity index (χ1) is 8.38. The number of benzene rings is 1. The van der Waals surface area contributed by atoms with E-state index in [4.69, 9.17) is 0 Å². The maximum Gasteiger partial charge on any atom is 0.416 e. The number of nitrogens with one attached hydrogen (secondary N) is 1. The third kappa shape index (κ3) is 2.42. The molecule has 94 valence electrons. The molecule has 3 nitrogen and oxygen atoms in total. The minimum atomic E-state index is -4.42. The summed E-state index contributed by atoms with van der Waals surface area (Å²) in [5.41, 5.74) is -0.506. The second kappa shape index (κ2) is 4.29. The third-order valence-corrected chi connectivity index (χ3v) is 2.44. The first kappa shape index (κ1) is 12.3. The van der Waals surface area contributed by atoms with Gasteiger partial charge in [-0.15, -0.1) is 0 Å². The summed E-state index contributed by atoms with van der Waals surface area (Å²) < 4.78 is 37.6. The molecule has 0 atom stereocenters. The Morgan fingerprint density at radius 1 is 1.28 bits per heavy atom. The standard InChI is InChI=1S/C12H9F3N2O/c1-7-6-16-10(17-11(7)18)8-3-2-4-9(5-8)12(13,14)15/h2-6H,1H3,(H,16,17,18). The lowest BCUT2D eigenvalue weighted by molar-refractivity contribution is -0.137. The molecular weight excluding hydrogens is 245 g/mol. The van der Waals surface area contributed by atoms with E-state index in [1.54, 1.807) is 6.92 Å². The Bertz CT molecular complexity index is 632. The average Bonchev–Trinajstić information content (AvgIpc) is 2.32. The molecule has 0 aliphatic heterocycles. The van der Waals surface area contributed by atoms with Gasteiger partial charge in [0.05, 0.1) is 5.56 Å². The monoisotopic (exact) mass is 254 g/mol. The van der Waals surface area contributed by atoms with Gasteiger partial charge in [0.25, 0.3) is 5.56 Å². The smallest absolute Gasteiger partial charge is 0.306 e. The SMILES string of the molecule is Cc1cnc(-c2cccc(C(F)(F)F)c2)[nH]c1=O. The van der Waals surface area contributed by atoms with Gasteiger partial charge in [0.2, 0.25) is 0 Å². The van der Waals surface area contributed by atoms with Gasteiger partial charge in [-0.25, -0.2) is 4.98 Å². The average molecular weight is 254 g/mol. The predicted molar refractivity (Wildman–Crippen MR) is 60.0 cm³/mol. The number of hydrogen-bond donors (Lipinski definition) is 1. The van der Waals surface area contributed by atoms with Gasteiger partial charge in [-0.3, -0.25) is 4.79 Å². The van der Waals surface area contributed by atoms with Crippen LogP contribution in [0.1, 0.15) is 11.1 Å². The van der Waals surface area contributed by atoms with Crippen molar-refractivity contribution in [2.75, 3.05) is 0 Å². The molecular formula is C12H9F3N2O. The zero-order valence-electron chi connectivity index (χ0n) is 9.38. The van der Waals surface area contributed by atoms with Crippen LogP contribution in [-0.2, 0) is 6.18 Å². The molecule has 0 aliphatic carbocycles. The molecule has 0 saturated heterocycles. The minimum Gasteiger partial charge on any atom is -0.306 e. The number of nitrogens with zero attached hydrogens (tertiary/aromatic N) is 1. The van der Waals surface area contributed by atoms with Crippen molar-refractivity contribution in [2.24, 2.45) is 0 Å². The van der Waals surface area contributed by atoms with Crippen molar-refractivity contribution in [2.45, 2.75) is 13.1 Å². The summed E-state index contributed by atoms with van der Waals surface area (Å²) in [6.07, 6.45) is -3.09. The quantitative estimate of drug-likeness (QED) is 0.850. The van der Waals surface area contributed by atoms with Crippen LogP contribution >= 0.6 is 0 Å². The van der Waals surface area contributed by atoms with Gasteiger partial charge in [-0.05, 0) is 19.1 Å². The van der Waals surface area contributed by atoms with Gasteiger partial charge in [-0.2, -0.15) is 13.2 Å². The van der Waals surface area contributed by atoms with Crippen LogP contribution in [0.4, 0.5) is 13.2 Å². The van der Waals surface area contributed by atoms with Crippen LogP contribution in [0.2, 0.25) is 0 Å². The Morgan fingerprint density at radius 3 is 2.61 bits per heavy atom. The number of aryl methyl sites for hydroxylation is 1. The van der Waals surface area contributed by atoms with Crippen molar-refractivity contribution in [3.05, 3.63) is 51.9 Å². The molecule has 0 spiro atoms. The van der Waals surface area contributed by atoms with Gasteiger partial charge >= 0.3 is 6.18 Å². The van der Waals surface area contributed by atoms with E-state index in [1.165, 1.54) is 18.3 Å². The van der Waals surface area contributed by atoms with Crippen molar-refractivity contribution in [3.8, 4) is 11.4 Å². The third-order valence-electron chi connectivity index (χ3n) is 2.44. The van der Waals surface area contributed by atoms with E-state index in [1.807, 2.05) is 0 Å². The number of halogens is 3. The summed E-state index contributed by atoms with van der Waals surface area (Å²) in [6, 6.07) is 4.66. The van der Waals surface area contributed by atoms with Crippen LogP contribution < -0.4 is 5.56 Å². The van der Waals surface area contributed by atoms with E-state index >= 15 is 0 Å². The normalized spacial score (nSPS) is 11.6. The molecule has 0 bridgehead atoms. The zero-order valence-corrected chi connectivity index (χ0v) is 9.38. The molecule has 0 fully saturated rings. The number of rotatable bonds is 1. The summed E-state index contributed by atoms with van der Waals surface area (Å²) >= 11 is 0. The topological polar surface area (TPSA) is 45.8 Å². The summed E-state index contributed by atoms with van der Waals surface area (Å²) in [7, 11) is 0. The summed E-state index contributed by atoms with van der Waals surface area (Å²) in [5.74, 6) is 0.122. The number of aromatic amines is 1. The highest BCUT2D eigenvalue weighted by molar-refractivity contribution is 5.56. The summed E-state index contributed by atoms with van der Waals surface area (Å²) in [6.45, 7) is 1.57. The molecule has 2 rings (SSSR count). The Hall–Kier alpha value is -2.11. The number of H-pyrrole nitrogens is 1. The lowest BCUT2D eigenvalue weighted by Gasteiger charge is -2.08. The molecule has 0 unspecified atom stereocenters. The lowest BCUT2D eigenvalue weighted by atomic mass is 10.1. The molecule has 0 aliphatic rings. The van der Waals surface area contributed by atoms with E-state index in [9.17, 15) is 18.0 Å². The number of aromatic nitrogens is 2. The Labute approximate surface area is 100 Å². The number of hydrogen-bond acceptors (Lipinski definition) is 2. The molecule has 0 radical (unpaired) electrons. The fraction of sp³-hybridized carbons (Fsp3) is 0.167. The maximum atomic E-state index is 12.5. The Balaban J connectivity index is 2.51. The largest absolute Gasteiger partial charge is 0.416 e. The molecule has 0 amide bonds. The van der Waals surface area contributed by atoms with E-state index in [0.717, 1.165) is 12.1 Å². The van der Waals surface area contributed by atoms with Crippen molar-refractivity contribution in [3.63, 3.8) is 0 Å². The maximum absolute atomic E-state index is 12.5. The summed E-state index contributed by atoms with van der Waals surface area (Å²) in [4.78, 5) is 17.7. The fourth-order valence-electron chi connectivity index (χ4n) is 1.45. The van der Waals surface area contributed by atoms with Gasteiger partial charge in [-0.1, -0.05) is 12.1 Å². The first-order valence-corrected chi connectivity index (χ1v) is 5.11. The first-order valence-electron chi connectivity index (χ1n) is 5.11. The second-order valence-corrected chi connectivity index (χ2v) is 3.82. The van der Waals surface area contributed by atoms with Crippen LogP contribution in [0.15, 0.2) is 35.3 Å². The van der Waals surface area contributed by atoms with E-state index < -0.39 is 11.7 Å². The highest BCUT2D eigenvalue weighted by Crippen LogP contribution is 2.31. The Morgan fingerprint density at radius 2 is 2.00 bits per heavy atom. The molecule has 0 saturated carbocycles. The van der Waals surface area contributed by atoms with Crippen LogP contribution in [0.3, 0.4) is 0 Å². The van der Waals surface area contributed by atoms with Gasteiger partial charge in [0, 0.05) is 17.3 Å². The fourth-order valence-corrected chi connectivity index (χ4v) is 1.45. The van der Waals surface area contributed by atoms with Crippen molar-refractivity contribution in [1.82, 2.24) is 9.97 Å². The highest BCUT2D eigenvalue weighted by Gasteiger charge is 2.30.